The predicted molar refractivity (Wildman–Crippen MR) is 76.7 cm³/mol. The van der Waals surface area contributed by atoms with E-state index in [-0.39, 0.29) is 18.5 Å². The topological polar surface area (TPSA) is 46.2 Å². The number of hydrogen-bond acceptors (Lipinski definition) is 5. The molecule has 21 heavy (non-hydrogen) atoms. The highest BCUT2D eigenvalue weighted by molar-refractivity contribution is 5.45. The molecule has 0 radical (unpaired) electrons. The van der Waals surface area contributed by atoms with Crippen LogP contribution in [0.1, 0.15) is 5.56 Å². The van der Waals surface area contributed by atoms with E-state index >= 15 is 0 Å². The monoisotopic (exact) mass is 292 g/mol. The first-order valence-corrected chi connectivity index (χ1v) is 6.96. The van der Waals surface area contributed by atoms with E-state index in [1.165, 1.54) is 0 Å². The van der Waals surface area contributed by atoms with E-state index in [2.05, 4.69) is 6.08 Å². The molecule has 2 aliphatic rings. The Bertz CT molecular complexity index is 539. The molecule has 2 heterocycles. The predicted octanol–water partition coefficient (Wildman–Crippen LogP) is 1.94. The molecule has 0 bridgehead atoms. The van der Waals surface area contributed by atoms with Crippen molar-refractivity contribution in [3.63, 3.8) is 0 Å². The van der Waals surface area contributed by atoms with Gasteiger partial charge in [0.05, 0.1) is 13.7 Å². The fraction of sp³-hybridized carbons (Fsp3) is 0.500. The largest absolute Gasteiger partial charge is 0.497 e. The molecule has 114 valence electrons. The van der Waals surface area contributed by atoms with Gasteiger partial charge in [-0.1, -0.05) is 0 Å². The second kappa shape index (κ2) is 6.05. The number of fused-ring (bicyclic) bond motifs is 2. The summed E-state index contributed by atoms with van der Waals surface area (Å²) in [5.41, 5.74) is 2.18. The summed E-state index contributed by atoms with van der Waals surface area (Å²) in [6, 6.07) is 5.80. The molecule has 0 N–H and O–H groups in total. The van der Waals surface area contributed by atoms with E-state index in [0.717, 1.165) is 29.1 Å². The van der Waals surface area contributed by atoms with Gasteiger partial charge in [-0.3, -0.25) is 0 Å². The summed E-state index contributed by atoms with van der Waals surface area (Å²) in [5.74, 6) is 1.67. The van der Waals surface area contributed by atoms with Gasteiger partial charge in [0.2, 0.25) is 6.29 Å². The van der Waals surface area contributed by atoms with Gasteiger partial charge in [-0.05, 0) is 24.3 Å². The Hall–Kier alpha value is -1.56. The molecule has 0 saturated heterocycles. The van der Waals surface area contributed by atoms with Crippen LogP contribution in [0.2, 0.25) is 0 Å². The Labute approximate surface area is 124 Å². The quantitative estimate of drug-likeness (QED) is 0.794. The zero-order valence-corrected chi connectivity index (χ0v) is 12.5. The van der Waals surface area contributed by atoms with Crippen LogP contribution in [0.15, 0.2) is 29.8 Å². The van der Waals surface area contributed by atoms with Crippen molar-refractivity contribution in [3.8, 4) is 11.5 Å². The van der Waals surface area contributed by atoms with Gasteiger partial charge in [0, 0.05) is 31.8 Å². The Morgan fingerprint density at radius 1 is 1.24 bits per heavy atom. The van der Waals surface area contributed by atoms with E-state index in [1.807, 2.05) is 18.2 Å². The van der Waals surface area contributed by atoms with E-state index < -0.39 is 0 Å². The molecule has 1 aromatic carbocycles. The first kappa shape index (κ1) is 14.4. The van der Waals surface area contributed by atoms with Crippen molar-refractivity contribution in [2.24, 2.45) is 0 Å². The molecular weight excluding hydrogens is 272 g/mol. The second-order valence-electron chi connectivity index (χ2n) is 5.17. The average Bonchev–Trinajstić information content (AvgIpc) is 2.52. The molecule has 0 aromatic heterocycles. The van der Waals surface area contributed by atoms with Crippen LogP contribution in [0.4, 0.5) is 0 Å². The molecule has 3 atom stereocenters. The van der Waals surface area contributed by atoms with Crippen LogP contribution in [-0.4, -0.2) is 46.4 Å². The highest BCUT2D eigenvalue weighted by Gasteiger charge is 2.36. The molecule has 2 aliphatic heterocycles. The van der Waals surface area contributed by atoms with Gasteiger partial charge in [0.1, 0.15) is 23.7 Å². The lowest BCUT2D eigenvalue weighted by molar-refractivity contribution is -0.162. The fourth-order valence-electron chi connectivity index (χ4n) is 2.76. The summed E-state index contributed by atoms with van der Waals surface area (Å²) in [5, 5.41) is 0. The van der Waals surface area contributed by atoms with Gasteiger partial charge in [-0.15, -0.1) is 0 Å². The minimum Gasteiger partial charge on any atom is -0.497 e. The van der Waals surface area contributed by atoms with Crippen LogP contribution in [0, 0.1) is 0 Å². The summed E-state index contributed by atoms with van der Waals surface area (Å²) >= 11 is 0. The lowest BCUT2D eigenvalue weighted by Crippen LogP contribution is -2.45. The van der Waals surface area contributed by atoms with Gasteiger partial charge in [0.25, 0.3) is 0 Å². The van der Waals surface area contributed by atoms with Crippen molar-refractivity contribution >= 4 is 0 Å². The van der Waals surface area contributed by atoms with Gasteiger partial charge < -0.3 is 23.7 Å². The number of methoxy groups -OCH3 is 3. The van der Waals surface area contributed by atoms with Crippen LogP contribution in [-0.2, 0) is 20.6 Å². The van der Waals surface area contributed by atoms with E-state index in [1.54, 1.807) is 21.3 Å². The number of hydrogen-bond donors (Lipinski definition) is 0. The molecule has 1 aromatic rings. The highest BCUT2D eigenvalue weighted by atomic mass is 16.7. The van der Waals surface area contributed by atoms with Crippen molar-refractivity contribution in [3.05, 3.63) is 35.4 Å². The smallest absolute Gasteiger partial charge is 0.223 e. The van der Waals surface area contributed by atoms with Crippen LogP contribution < -0.4 is 9.47 Å². The first-order chi connectivity index (χ1) is 10.2. The molecule has 0 fully saturated rings. The van der Waals surface area contributed by atoms with E-state index in [0.29, 0.717) is 6.61 Å². The molecule has 0 spiro atoms. The van der Waals surface area contributed by atoms with Gasteiger partial charge in [0.15, 0.2) is 0 Å². The maximum absolute atomic E-state index is 5.98. The Kier molecular flexibility index (Phi) is 4.14. The molecule has 0 amide bonds. The Balaban J connectivity index is 1.87. The maximum atomic E-state index is 5.98. The molecule has 5 heteroatoms. The highest BCUT2D eigenvalue weighted by Crippen LogP contribution is 2.36. The van der Waals surface area contributed by atoms with E-state index in [4.69, 9.17) is 23.7 Å². The molecule has 0 aliphatic carbocycles. The summed E-state index contributed by atoms with van der Waals surface area (Å²) < 4.78 is 27.8. The van der Waals surface area contributed by atoms with Crippen LogP contribution >= 0.6 is 0 Å². The van der Waals surface area contributed by atoms with Gasteiger partial charge in [-0.2, -0.15) is 0 Å². The standard InChI is InChI=1S/C16H20O5/c1-17-9-15-14(19-3)8-11-6-10-7-12(18-2)4-5-13(10)20-16(11)21-15/h4-5,7-8,14-16H,6,9H2,1-3H3/t14-,15-,16+/m1/s1. The third-order valence-electron chi connectivity index (χ3n) is 3.85. The zero-order chi connectivity index (χ0) is 14.8. The van der Waals surface area contributed by atoms with Gasteiger partial charge >= 0.3 is 0 Å². The summed E-state index contributed by atoms with van der Waals surface area (Å²) in [4.78, 5) is 0. The van der Waals surface area contributed by atoms with Crippen LogP contribution in [0.5, 0.6) is 11.5 Å². The SMILES string of the molecule is COC[C@H]1O[C@@H]2Oc3ccc(OC)cc3CC2=C[C@H]1OC. The number of benzene rings is 1. The molecule has 5 nitrogen and oxygen atoms in total. The van der Waals surface area contributed by atoms with E-state index in [9.17, 15) is 0 Å². The van der Waals surface area contributed by atoms with Crippen molar-refractivity contribution in [1.29, 1.82) is 0 Å². The fourth-order valence-corrected chi connectivity index (χ4v) is 2.76. The van der Waals surface area contributed by atoms with Crippen molar-refractivity contribution in [2.75, 3.05) is 27.9 Å². The summed E-state index contributed by atoms with van der Waals surface area (Å²) in [6.07, 6.45) is 2.22. The average molecular weight is 292 g/mol. The van der Waals surface area contributed by atoms with Crippen LogP contribution in [0.25, 0.3) is 0 Å². The molecule has 3 rings (SSSR count). The lowest BCUT2D eigenvalue weighted by atomic mass is 9.96. The summed E-state index contributed by atoms with van der Waals surface area (Å²) in [7, 11) is 4.99. The zero-order valence-electron chi connectivity index (χ0n) is 12.5. The second-order valence-corrected chi connectivity index (χ2v) is 5.17. The molecule has 0 saturated carbocycles. The number of rotatable bonds is 4. The minimum absolute atomic E-state index is 0.119. The summed E-state index contributed by atoms with van der Waals surface area (Å²) in [6.45, 7) is 0.470. The third kappa shape index (κ3) is 2.77. The van der Waals surface area contributed by atoms with Crippen molar-refractivity contribution in [2.45, 2.75) is 24.9 Å². The Morgan fingerprint density at radius 3 is 2.81 bits per heavy atom. The Morgan fingerprint density at radius 2 is 2.10 bits per heavy atom. The molecular formula is C16H20O5. The van der Waals surface area contributed by atoms with Crippen LogP contribution in [0.3, 0.4) is 0 Å². The van der Waals surface area contributed by atoms with Crippen molar-refractivity contribution < 1.29 is 23.7 Å². The third-order valence-corrected chi connectivity index (χ3v) is 3.85. The lowest BCUT2D eigenvalue weighted by Gasteiger charge is -2.37. The minimum atomic E-state index is -0.363. The normalized spacial score (nSPS) is 27.2. The number of ether oxygens (including phenoxy) is 5. The first-order valence-electron chi connectivity index (χ1n) is 6.96. The maximum Gasteiger partial charge on any atom is 0.223 e. The molecule has 0 unspecified atom stereocenters. The van der Waals surface area contributed by atoms with Gasteiger partial charge in [-0.25, -0.2) is 0 Å². The van der Waals surface area contributed by atoms with Crippen molar-refractivity contribution in [1.82, 2.24) is 0 Å².